The van der Waals surface area contributed by atoms with Crippen molar-refractivity contribution >= 4 is 11.6 Å². The third kappa shape index (κ3) is 6.32. The molecule has 0 saturated carbocycles. The number of hydrogen-bond donors (Lipinski definition) is 2. The number of nitrogens with zero attached hydrogens (tertiary/aromatic N) is 3. The van der Waals surface area contributed by atoms with E-state index in [1.807, 2.05) is 85.5 Å². The Morgan fingerprint density at radius 1 is 0.975 bits per heavy atom. The summed E-state index contributed by atoms with van der Waals surface area (Å²) in [6.45, 7) is 9.17. The summed E-state index contributed by atoms with van der Waals surface area (Å²) in [4.78, 5) is 35.2. The van der Waals surface area contributed by atoms with E-state index in [4.69, 9.17) is 16.5 Å². The molecule has 208 valence electrons. The van der Waals surface area contributed by atoms with Gasteiger partial charge in [-0.15, -0.1) is 0 Å². The van der Waals surface area contributed by atoms with E-state index in [-0.39, 0.29) is 17.4 Å². The van der Waals surface area contributed by atoms with Crippen LogP contribution in [0.4, 0.5) is 5.69 Å². The standard InChI is InChI=1S/C33H39N5O2/c1-22(2)30(37(19-9-18-34)32(39)26-16-14-23(3)15-17-26)31-36-24(4)29(27-12-8-13-28(35)20-27)33(40)38(31)21-25-10-6-5-7-11-25/h5-8,10-17,20,22,30H,9,18-19,21,34-35H2,1-4H3. The van der Waals surface area contributed by atoms with Gasteiger partial charge in [-0.05, 0) is 68.1 Å². The van der Waals surface area contributed by atoms with Gasteiger partial charge in [0.05, 0.1) is 23.8 Å². The van der Waals surface area contributed by atoms with E-state index >= 15 is 0 Å². The Balaban J connectivity index is 1.94. The van der Waals surface area contributed by atoms with E-state index in [0.717, 1.165) is 16.7 Å². The Kier molecular flexibility index (Phi) is 9.17. The lowest BCUT2D eigenvalue weighted by Crippen LogP contribution is -2.42. The lowest BCUT2D eigenvalue weighted by molar-refractivity contribution is 0.0602. The normalized spacial score (nSPS) is 11.9. The van der Waals surface area contributed by atoms with Crippen LogP contribution in [-0.2, 0) is 6.54 Å². The molecule has 0 radical (unpaired) electrons. The summed E-state index contributed by atoms with van der Waals surface area (Å²) in [5.41, 5.74) is 16.9. The van der Waals surface area contributed by atoms with Crippen LogP contribution in [0.1, 0.15) is 59.3 Å². The van der Waals surface area contributed by atoms with Crippen LogP contribution in [0.2, 0.25) is 0 Å². The average Bonchev–Trinajstić information content (AvgIpc) is 2.93. The van der Waals surface area contributed by atoms with Crippen molar-refractivity contribution in [3.8, 4) is 11.1 Å². The molecular formula is C33H39N5O2. The first kappa shape index (κ1) is 28.8. The van der Waals surface area contributed by atoms with Crippen LogP contribution < -0.4 is 17.0 Å². The molecule has 0 aliphatic heterocycles. The molecule has 4 N–H and O–H groups in total. The van der Waals surface area contributed by atoms with Crippen LogP contribution in [0.5, 0.6) is 0 Å². The molecule has 1 atom stereocenters. The zero-order valence-corrected chi connectivity index (χ0v) is 23.8. The van der Waals surface area contributed by atoms with Gasteiger partial charge in [-0.1, -0.05) is 74.0 Å². The number of rotatable bonds is 10. The largest absolute Gasteiger partial charge is 0.399 e. The van der Waals surface area contributed by atoms with Gasteiger partial charge in [-0.2, -0.15) is 0 Å². The van der Waals surface area contributed by atoms with E-state index < -0.39 is 6.04 Å². The number of benzene rings is 3. The number of anilines is 1. The molecule has 40 heavy (non-hydrogen) atoms. The summed E-state index contributed by atoms with van der Waals surface area (Å²) in [6, 6.07) is 24.3. The Bertz CT molecular complexity index is 1510. The second-order valence-corrected chi connectivity index (χ2v) is 10.6. The number of aryl methyl sites for hydroxylation is 2. The molecule has 1 unspecified atom stereocenters. The van der Waals surface area contributed by atoms with Gasteiger partial charge in [0, 0.05) is 17.8 Å². The van der Waals surface area contributed by atoms with Gasteiger partial charge in [0.2, 0.25) is 0 Å². The molecule has 7 heteroatoms. The number of carbonyl (C=O) groups excluding carboxylic acids is 1. The monoisotopic (exact) mass is 537 g/mol. The zero-order chi connectivity index (χ0) is 28.8. The summed E-state index contributed by atoms with van der Waals surface area (Å²) in [6.07, 6.45) is 0.629. The summed E-state index contributed by atoms with van der Waals surface area (Å²) in [7, 11) is 0. The van der Waals surface area contributed by atoms with Crippen LogP contribution in [0.3, 0.4) is 0 Å². The molecule has 0 saturated heterocycles. The van der Waals surface area contributed by atoms with Crippen molar-refractivity contribution in [3.05, 3.63) is 117 Å². The van der Waals surface area contributed by atoms with E-state index in [2.05, 4.69) is 13.8 Å². The molecule has 0 aliphatic carbocycles. The van der Waals surface area contributed by atoms with Crippen LogP contribution in [0.25, 0.3) is 11.1 Å². The van der Waals surface area contributed by atoms with Crippen molar-refractivity contribution in [2.24, 2.45) is 11.7 Å². The van der Waals surface area contributed by atoms with Crippen LogP contribution in [0.15, 0.2) is 83.7 Å². The molecule has 0 aliphatic rings. The molecule has 1 amide bonds. The average molecular weight is 538 g/mol. The smallest absolute Gasteiger partial charge is 0.262 e. The second kappa shape index (κ2) is 12.7. The first-order chi connectivity index (χ1) is 19.2. The Hall–Kier alpha value is -4.23. The Morgan fingerprint density at radius 2 is 1.68 bits per heavy atom. The molecule has 1 heterocycles. The fraction of sp³-hybridized carbons (Fsp3) is 0.303. The Morgan fingerprint density at radius 3 is 2.30 bits per heavy atom. The molecule has 0 fully saturated rings. The first-order valence-electron chi connectivity index (χ1n) is 13.8. The second-order valence-electron chi connectivity index (χ2n) is 10.6. The fourth-order valence-electron chi connectivity index (χ4n) is 5.14. The van der Waals surface area contributed by atoms with Crippen molar-refractivity contribution in [3.63, 3.8) is 0 Å². The van der Waals surface area contributed by atoms with Crippen molar-refractivity contribution < 1.29 is 4.79 Å². The highest BCUT2D eigenvalue weighted by Crippen LogP contribution is 2.31. The first-order valence-corrected chi connectivity index (χ1v) is 13.8. The van der Waals surface area contributed by atoms with Crippen LogP contribution in [-0.4, -0.2) is 33.4 Å². The summed E-state index contributed by atoms with van der Waals surface area (Å²) in [5.74, 6) is 0.426. The number of aromatic nitrogens is 2. The SMILES string of the molecule is Cc1ccc(C(=O)N(CCCN)C(c2nc(C)c(-c3cccc(N)c3)c(=O)n2Cc2ccccc2)C(C)C)cc1. The van der Waals surface area contributed by atoms with Gasteiger partial charge < -0.3 is 16.4 Å². The van der Waals surface area contributed by atoms with Crippen LogP contribution in [0, 0.1) is 19.8 Å². The Labute approximate surface area is 236 Å². The molecule has 7 nitrogen and oxygen atoms in total. The zero-order valence-electron chi connectivity index (χ0n) is 23.8. The molecule has 4 aromatic rings. The minimum absolute atomic E-state index is 0.0290. The number of carbonyl (C=O) groups is 1. The predicted octanol–water partition coefficient (Wildman–Crippen LogP) is 5.35. The van der Waals surface area contributed by atoms with Crippen molar-refractivity contribution in [1.29, 1.82) is 0 Å². The fourth-order valence-corrected chi connectivity index (χ4v) is 5.14. The maximum Gasteiger partial charge on any atom is 0.262 e. The quantitative estimate of drug-likeness (QED) is 0.265. The minimum Gasteiger partial charge on any atom is -0.399 e. The van der Waals surface area contributed by atoms with Gasteiger partial charge in [0.15, 0.2) is 0 Å². The summed E-state index contributed by atoms with van der Waals surface area (Å²) in [5, 5.41) is 0. The van der Waals surface area contributed by atoms with Gasteiger partial charge in [-0.3, -0.25) is 14.2 Å². The van der Waals surface area contributed by atoms with E-state index in [1.54, 1.807) is 16.7 Å². The van der Waals surface area contributed by atoms with Gasteiger partial charge >= 0.3 is 0 Å². The minimum atomic E-state index is -0.453. The molecule has 1 aromatic heterocycles. The third-order valence-electron chi connectivity index (χ3n) is 7.13. The highest BCUT2D eigenvalue weighted by Gasteiger charge is 2.33. The van der Waals surface area contributed by atoms with E-state index in [0.29, 0.717) is 54.4 Å². The third-order valence-corrected chi connectivity index (χ3v) is 7.13. The molecule has 3 aromatic carbocycles. The number of amides is 1. The topological polar surface area (TPSA) is 107 Å². The van der Waals surface area contributed by atoms with Crippen molar-refractivity contribution in [2.75, 3.05) is 18.8 Å². The molecule has 0 spiro atoms. The predicted molar refractivity (Wildman–Crippen MR) is 162 cm³/mol. The van der Waals surface area contributed by atoms with E-state index in [1.165, 1.54) is 0 Å². The molecule has 0 bridgehead atoms. The molecule has 4 rings (SSSR count). The van der Waals surface area contributed by atoms with Gasteiger partial charge in [0.1, 0.15) is 5.82 Å². The molecular weight excluding hydrogens is 498 g/mol. The van der Waals surface area contributed by atoms with Crippen molar-refractivity contribution in [2.45, 2.75) is 46.7 Å². The lowest BCUT2D eigenvalue weighted by Gasteiger charge is -2.36. The summed E-state index contributed by atoms with van der Waals surface area (Å²) >= 11 is 0. The number of hydrogen-bond acceptors (Lipinski definition) is 5. The summed E-state index contributed by atoms with van der Waals surface area (Å²) < 4.78 is 1.73. The van der Waals surface area contributed by atoms with Gasteiger partial charge in [0.25, 0.3) is 11.5 Å². The lowest BCUT2D eigenvalue weighted by atomic mass is 9.97. The number of nitrogens with two attached hydrogens (primary N) is 2. The maximum absolute atomic E-state index is 14.3. The van der Waals surface area contributed by atoms with Crippen molar-refractivity contribution in [1.82, 2.24) is 14.5 Å². The van der Waals surface area contributed by atoms with Crippen LogP contribution >= 0.6 is 0 Å². The number of nitrogen functional groups attached to an aromatic ring is 1. The maximum atomic E-state index is 14.3. The highest BCUT2D eigenvalue weighted by molar-refractivity contribution is 5.94. The van der Waals surface area contributed by atoms with Gasteiger partial charge in [-0.25, -0.2) is 4.98 Å². The highest BCUT2D eigenvalue weighted by atomic mass is 16.2. The van der Waals surface area contributed by atoms with E-state index in [9.17, 15) is 9.59 Å².